The number of carbonyl (C=O) groups is 2. The van der Waals surface area contributed by atoms with E-state index in [4.69, 9.17) is 20.8 Å². The van der Waals surface area contributed by atoms with Crippen molar-refractivity contribution in [1.82, 2.24) is 15.2 Å². The van der Waals surface area contributed by atoms with Crippen molar-refractivity contribution >= 4 is 33.4 Å². The number of rotatable bonds is 5. The number of nitrogens with zero attached hydrogens (tertiary/aromatic N) is 1. The summed E-state index contributed by atoms with van der Waals surface area (Å²) in [5, 5.41) is 0.389. The number of amides is 2. The molecular weight excluding hydrogens is 422 g/mol. The lowest BCUT2D eigenvalue weighted by atomic mass is 10.2. The van der Waals surface area contributed by atoms with Crippen LogP contribution in [0.5, 0.6) is 5.75 Å². The van der Waals surface area contributed by atoms with Crippen molar-refractivity contribution in [3.05, 3.63) is 46.4 Å². The Morgan fingerprint density at radius 1 is 1.14 bits per heavy atom. The average Bonchev–Trinajstić information content (AvgIpc) is 3.36. The van der Waals surface area contributed by atoms with Crippen LogP contribution in [-0.2, 0) is 10.0 Å². The van der Waals surface area contributed by atoms with E-state index in [2.05, 4.69) is 10.9 Å². The third-order valence-electron chi connectivity index (χ3n) is 4.48. The van der Waals surface area contributed by atoms with Gasteiger partial charge in [0.25, 0.3) is 5.91 Å². The van der Waals surface area contributed by atoms with Crippen molar-refractivity contribution in [3.63, 3.8) is 0 Å². The van der Waals surface area contributed by atoms with Crippen LogP contribution in [0.2, 0.25) is 5.02 Å². The zero-order valence-corrected chi connectivity index (χ0v) is 17.4. The lowest BCUT2D eigenvalue weighted by molar-refractivity contribution is 0.0828. The monoisotopic (exact) mass is 441 g/mol. The minimum Gasteiger partial charge on any atom is -0.496 e. The lowest BCUT2D eigenvalue weighted by Crippen LogP contribution is -2.41. The summed E-state index contributed by atoms with van der Waals surface area (Å²) >= 11 is 5.86. The van der Waals surface area contributed by atoms with Crippen LogP contribution in [0.3, 0.4) is 0 Å². The number of ether oxygens (including phenoxy) is 1. The van der Waals surface area contributed by atoms with Crippen molar-refractivity contribution in [2.75, 3.05) is 20.2 Å². The Bertz CT molecular complexity index is 1040. The number of benzene rings is 1. The van der Waals surface area contributed by atoms with Gasteiger partial charge in [-0.2, -0.15) is 4.31 Å². The summed E-state index contributed by atoms with van der Waals surface area (Å²) in [6.07, 6.45) is 1.59. The lowest BCUT2D eigenvalue weighted by Gasteiger charge is -2.14. The number of aryl methyl sites for hydroxylation is 1. The molecule has 0 radical (unpaired) electrons. The highest BCUT2D eigenvalue weighted by atomic mass is 35.5. The highest BCUT2D eigenvalue weighted by molar-refractivity contribution is 7.89. The zero-order chi connectivity index (χ0) is 21.2. The molecule has 1 fully saturated rings. The van der Waals surface area contributed by atoms with E-state index in [0.717, 1.165) is 18.9 Å². The van der Waals surface area contributed by atoms with Gasteiger partial charge in [0.1, 0.15) is 16.4 Å². The molecule has 9 nitrogen and oxygen atoms in total. The molecule has 0 spiro atoms. The van der Waals surface area contributed by atoms with E-state index >= 15 is 0 Å². The number of halogens is 1. The van der Waals surface area contributed by atoms with Gasteiger partial charge in [-0.1, -0.05) is 11.6 Å². The summed E-state index contributed by atoms with van der Waals surface area (Å²) in [5.74, 6) is -1.33. The molecule has 29 heavy (non-hydrogen) atoms. The van der Waals surface area contributed by atoms with Gasteiger partial charge in [0.05, 0.1) is 12.7 Å². The number of hydrogen-bond donors (Lipinski definition) is 2. The molecule has 1 aromatic heterocycles. The molecule has 156 valence electrons. The van der Waals surface area contributed by atoms with Gasteiger partial charge in [0, 0.05) is 24.2 Å². The smallest absolute Gasteiger partial charge is 0.305 e. The third kappa shape index (κ3) is 4.39. The summed E-state index contributed by atoms with van der Waals surface area (Å²) in [6, 6.07) is 5.57. The van der Waals surface area contributed by atoms with Gasteiger partial charge in [-0.15, -0.1) is 0 Å². The SMILES string of the molecule is COc1cc(Cl)ccc1C(=O)NNC(=O)c1cc(S(=O)(=O)N2CCCC2)c(C)o1. The van der Waals surface area contributed by atoms with Crippen molar-refractivity contribution in [3.8, 4) is 5.75 Å². The second-order valence-corrected chi connectivity index (χ2v) is 8.74. The minimum atomic E-state index is -3.73. The molecule has 1 aliphatic heterocycles. The molecule has 1 saturated heterocycles. The molecule has 2 amide bonds. The first-order valence-electron chi connectivity index (χ1n) is 8.79. The maximum Gasteiger partial charge on any atom is 0.305 e. The second kappa shape index (κ2) is 8.44. The second-order valence-electron chi connectivity index (χ2n) is 6.40. The topological polar surface area (TPSA) is 118 Å². The molecule has 2 N–H and O–H groups in total. The third-order valence-corrected chi connectivity index (χ3v) is 6.72. The maximum absolute atomic E-state index is 12.7. The number of carbonyl (C=O) groups excluding carboxylic acids is 2. The van der Waals surface area contributed by atoms with E-state index in [1.54, 1.807) is 0 Å². The van der Waals surface area contributed by atoms with E-state index in [1.165, 1.54) is 36.5 Å². The Kier molecular flexibility index (Phi) is 6.15. The highest BCUT2D eigenvalue weighted by Gasteiger charge is 2.31. The van der Waals surface area contributed by atoms with Gasteiger partial charge >= 0.3 is 5.91 Å². The Labute approximate surface area is 173 Å². The summed E-state index contributed by atoms with van der Waals surface area (Å²) < 4.78 is 37.1. The Hall–Kier alpha value is -2.56. The van der Waals surface area contributed by atoms with Gasteiger partial charge in [-0.05, 0) is 38.0 Å². The van der Waals surface area contributed by atoms with Crippen molar-refractivity contribution in [1.29, 1.82) is 0 Å². The molecule has 11 heteroatoms. The fraction of sp³-hybridized carbons (Fsp3) is 0.333. The fourth-order valence-electron chi connectivity index (χ4n) is 3.00. The minimum absolute atomic E-state index is 0.0600. The largest absolute Gasteiger partial charge is 0.496 e. The summed E-state index contributed by atoms with van der Waals surface area (Å²) in [7, 11) is -2.34. The molecule has 0 saturated carbocycles. The van der Waals surface area contributed by atoms with E-state index < -0.39 is 21.8 Å². The van der Waals surface area contributed by atoms with E-state index in [-0.39, 0.29) is 27.7 Å². The quantitative estimate of drug-likeness (QED) is 0.686. The van der Waals surface area contributed by atoms with Gasteiger partial charge < -0.3 is 9.15 Å². The Balaban J connectivity index is 1.71. The molecular formula is C18H20ClN3O6S. The van der Waals surface area contributed by atoms with E-state index in [1.807, 2.05) is 0 Å². The van der Waals surface area contributed by atoms with Gasteiger partial charge in [0.2, 0.25) is 10.0 Å². The van der Waals surface area contributed by atoms with Gasteiger partial charge in [-0.3, -0.25) is 20.4 Å². The van der Waals surface area contributed by atoms with Crippen LogP contribution in [0.15, 0.2) is 33.6 Å². The first-order chi connectivity index (χ1) is 13.7. The fourth-order valence-corrected chi connectivity index (χ4v) is 4.84. The molecule has 3 rings (SSSR count). The average molecular weight is 442 g/mol. The molecule has 0 aliphatic carbocycles. The first kappa shape index (κ1) is 21.2. The molecule has 0 unspecified atom stereocenters. The van der Waals surface area contributed by atoms with Crippen LogP contribution in [0.25, 0.3) is 0 Å². The predicted molar refractivity (Wildman–Crippen MR) is 104 cm³/mol. The summed E-state index contributed by atoms with van der Waals surface area (Å²) in [5.41, 5.74) is 4.59. The van der Waals surface area contributed by atoms with Crippen molar-refractivity contribution in [2.24, 2.45) is 0 Å². The van der Waals surface area contributed by atoms with Crippen molar-refractivity contribution in [2.45, 2.75) is 24.7 Å². The predicted octanol–water partition coefficient (Wildman–Crippen LogP) is 2.11. The number of hydrogen-bond acceptors (Lipinski definition) is 6. The van der Waals surface area contributed by atoms with Crippen LogP contribution < -0.4 is 15.6 Å². The standard InChI is InChI=1S/C18H20ClN3O6S/c1-11-16(29(25,26)22-7-3-4-8-22)10-15(28-11)18(24)21-20-17(23)13-6-5-12(19)9-14(13)27-2/h5-6,9-10H,3-4,7-8H2,1-2H3,(H,20,23)(H,21,24). The molecule has 1 aromatic carbocycles. The number of sulfonamides is 1. The summed E-state index contributed by atoms with van der Waals surface area (Å²) in [4.78, 5) is 24.6. The van der Waals surface area contributed by atoms with Crippen LogP contribution >= 0.6 is 11.6 Å². The molecule has 2 heterocycles. The molecule has 0 atom stereocenters. The molecule has 2 aromatic rings. The van der Waals surface area contributed by atoms with Gasteiger partial charge in [0.15, 0.2) is 5.76 Å². The first-order valence-corrected chi connectivity index (χ1v) is 10.6. The Morgan fingerprint density at radius 2 is 1.79 bits per heavy atom. The Morgan fingerprint density at radius 3 is 2.45 bits per heavy atom. The van der Waals surface area contributed by atoms with Crippen LogP contribution in [0, 0.1) is 6.92 Å². The van der Waals surface area contributed by atoms with Gasteiger partial charge in [-0.25, -0.2) is 8.42 Å². The normalized spacial score (nSPS) is 14.6. The zero-order valence-electron chi connectivity index (χ0n) is 15.8. The van der Waals surface area contributed by atoms with E-state index in [9.17, 15) is 18.0 Å². The maximum atomic E-state index is 12.7. The van der Waals surface area contributed by atoms with Crippen LogP contribution in [0.1, 0.15) is 39.5 Å². The molecule has 0 bridgehead atoms. The van der Waals surface area contributed by atoms with E-state index in [0.29, 0.717) is 18.1 Å². The van der Waals surface area contributed by atoms with Crippen molar-refractivity contribution < 1.29 is 27.2 Å². The molecule has 1 aliphatic rings. The number of nitrogens with one attached hydrogen (secondary N) is 2. The number of methoxy groups -OCH3 is 1. The number of hydrazine groups is 1. The number of furan rings is 1. The summed E-state index contributed by atoms with van der Waals surface area (Å²) in [6.45, 7) is 2.35. The highest BCUT2D eigenvalue weighted by Crippen LogP contribution is 2.26. The van der Waals surface area contributed by atoms with Crippen LogP contribution in [-0.4, -0.2) is 44.7 Å². The van der Waals surface area contributed by atoms with Crippen LogP contribution in [0.4, 0.5) is 0 Å².